The third-order valence-corrected chi connectivity index (χ3v) is 4.34. The largest absolute Gasteiger partial charge is 0.493 e. The van der Waals surface area contributed by atoms with Gasteiger partial charge in [0.15, 0.2) is 11.5 Å². The molecule has 0 radical (unpaired) electrons. The van der Waals surface area contributed by atoms with Crippen LogP contribution < -0.4 is 14.8 Å². The Hall–Kier alpha value is -2.28. The number of amides is 1. The van der Waals surface area contributed by atoms with E-state index in [-0.39, 0.29) is 18.2 Å². The lowest BCUT2D eigenvalue weighted by Gasteiger charge is -2.23. The van der Waals surface area contributed by atoms with Crippen molar-refractivity contribution >= 4 is 11.9 Å². The number of carboxylic acid groups (broad SMARTS) is 1. The second kappa shape index (κ2) is 9.27. The van der Waals surface area contributed by atoms with Crippen molar-refractivity contribution in [2.45, 2.75) is 31.7 Å². The molecule has 138 valence electrons. The number of carbonyl (C=O) groups excluding carboxylic acids is 1. The van der Waals surface area contributed by atoms with E-state index in [2.05, 4.69) is 5.32 Å². The third-order valence-electron chi connectivity index (χ3n) is 4.34. The van der Waals surface area contributed by atoms with E-state index in [0.717, 1.165) is 12.8 Å². The zero-order chi connectivity index (χ0) is 18.2. The first-order chi connectivity index (χ1) is 12.0. The highest BCUT2D eigenvalue weighted by atomic mass is 16.5. The highest BCUT2D eigenvalue weighted by Crippen LogP contribution is 2.31. The summed E-state index contributed by atoms with van der Waals surface area (Å²) in [6.07, 6.45) is 1.89. The summed E-state index contributed by atoms with van der Waals surface area (Å²) in [6, 6.07) is 4.52. The Morgan fingerprint density at radius 3 is 2.52 bits per heavy atom. The van der Waals surface area contributed by atoms with E-state index in [0.29, 0.717) is 36.7 Å². The molecule has 1 fully saturated rings. The molecule has 0 bridgehead atoms. The van der Waals surface area contributed by atoms with E-state index >= 15 is 0 Å². The van der Waals surface area contributed by atoms with Gasteiger partial charge in [-0.15, -0.1) is 0 Å². The van der Waals surface area contributed by atoms with E-state index < -0.39 is 12.0 Å². The van der Waals surface area contributed by atoms with E-state index in [1.807, 2.05) is 0 Å². The van der Waals surface area contributed by atoms with Gasteiger partial charge in [0.05, 0.1) is 26.7 Å². The highest BCUT2D eigenvalue weighted by molar-refractivity contribution is 5.78. The first kappa shape index (κ1) is 19.1. The van der Waals surface area contributed by atoms with Crippen LogP contribution in [0.25, 0.3) is 0 Å². The molecule has 1 aromatic carbocycles. The summed E-state index contributed by atoms with van der Waals surface area (Å²) in [5.41, 5.74) is 0.667. The van der Waals surface area contributed by atoms with Crippen molar-refractivity contribution in [1.82, 2.24) is 5.32 Å². The van der Waals surface area contributed by atoms with E-state index in [9.17, 15) is 14.7 Å². The van der Waals surface area contributed by atoms with Crippen LogP contribution in [0.5, 0.6) is 11.5 Å². The number of nitrogens with one attached hydrogen (secondary N) is 1. The molecule has 0 aliphatic carbocycles. The first-order valence-corrected chi connectivity index (χ1v) is 8.34. The average molecular weight is 351 g/mol. The fraction of sp³-hybridized carbons (Fsp3) is 0.556. The molecule has 1 heterocycles. The maximum atomic E-state index is 12.4. The molecule has 2 N–H and O–H groups in total. The molecule has 0 aromatic heterocycles. The number of carboxylic acids is 1. The topological polar surface area (TPSA) is 94.1 Å². The molecule has 1 amide bonds. The van der Waals surface area contributed by atoms with Gasteiger partial charge in [0.25, 0.3) is 0 Å². The van der Waals surface area contributed by atoms with Crippen molar-refractivity contribution in [3.8, 4) is 11.5 Å². The molecular weight excluding hydrogens is 326 g/mol. The van der Waals surface area contributed by atoms with Crippen molar-refractivity contribution in [2.24, 2.45) is 5.92 Å². The summed E-state index contributed by atoms with van der Waals surface area (Å²) in [6.45, 7) is 1.35. The predicted molar refractivity (Wildman–Crippen MR) is 90.8 cm³/mol. The molecule has 7 nitrogen and oxygen atoms in total. The van der Waals surface area contributed by atoms with Crippen LogP contribution in [0.15, 0.2) is 18.2 Å². The molecular formula is C18H25NO6. The van der Waals surface area contributed by atoms with Crippen molar-refractivity contribution in [2.75, 3.05) is 27.4 Å². The van der Waals surface area contributed by atoms with Crippen molar-refractivity contribution in [3.05, 3.63) is 23.8 Å². The van der Waals surface area contributed by atoms with Gasteiger partial charge in [-0.05, 0) is 36.5 Å². The number of hydrogen-bond donors (Lipinski definition) is 2. The van der Waals surface area contributed by atoms with Crippen molar-refractivity contribution in [1.29, 1.82) is 0 Å². The minimum Gasteiger partial charge on any atom is -0.493 e. The van der Waals surface area contributed by atoms with Gasteiger partial charge in [-0.1, -0.05) is 6.07 Å². The van der Waals surface area contributed by atoms with E-state index in [4.69, 9.17) is 14.2 Å². The maximum Gasteiger partial charge on any atom is 0.305 e. The molecule has 1 saturated heterocycles. The first-order valence-electron chi connectivity index (χ1n) is 8.34. The van der Waals surface area contributed by atoms with Gasteiger partial charge >= 0.3 is 5.97 Å². The summed E-state index contributed by atoms with van der Waals surface area (Å²) in [4.78, 5) is 23.6. The summed E-state index contributed by atoms with van der Waals surface area (Å²) >= 11 is 0. The molecule has 25 heavy (non-hydrogen) atoms. The number of methoxy groups -OCH3 is 2. The lowest BCUT2D eigenvalue weighted by molar-refractivity contribution is -0.137. The second-order valence-corrected chi connectivity index (χ2v) is 6.09. The van der Waals surface area contributed by atoms with Crippen molar-refractivity contribution < 1.29 is 28.9 Å². The molecule has 0 spiro atoms. The minimum absolute atomic E-state index is 0.145. The fourth-order valence-corrected chi connectivity index (χ4v) is 2.96. The van der Waals surface area contributed by atoms with Crippen LogP contribution in [0.2, 0.25) is 0 Å². The van der Waals surface area contributed by atoms with E-state index in [1.165, 1.54) is 14.2 Å². The van der Waals surface area contributed by atoms with Gasteiger partial charge in [0.2, 0.25) is 5.91 Å². The molecule has 1 atom stereocenters. The van der Waals surface area contributed by atoms with Crippen LogP contribution in [0.1, 0.15) is 37.3 Å². The highest BCUT2D eigenvalue weighted by Gasteiger charge is 2.23. The lowest BCUT2D eigenvalue weighted by Crippen LogP contribution is -2.32. The number of aliphatic carboxylic acids is 1. The lowest BCUT2D eigenvalue weighted by atomic mass is 9.95. The quantitative estimate of drug-likeness (QED) is 0.745. The van der Waals surface area contributed by atoms with Crippen LogP contribution in [0.4, 0.5) is 0 Å². The van der Waals surface area contributed by atoms with Gasteiger partial charge in [0.1, 0.15) is 0 Å². The Bertz CT molecular complexity index is 597. The zero-order valence-corrected chi connectivity index (χ0v) is 14.6. The van der Waals surface area contributed by atoms with Gasteiger partial charge < -0.3 is 24.6 Å². The number of ether oxygens (including phenoxy) is 3. The second-order valence-electron chi connectivity index (χ2n) is 6.09. The Morgan fingerprint density at radius 2 is 1.92 bits per heavy atom. The normalized spacial score (nSPS) is 16.1. The summed E-state index contributed by atoms with van der Waals surface area (Å²) < 4.78 is 15.7. The molecule has 1 aliphatic rings. The monoisotopic (exact) mass is 351 g/mol. The Balaban J connectivity index is 2.09. The summed E-state index contributed by atoms with van der Waals surface area (Å²) in [7, 11) is 3.04. The number of benzene rings is 1. The number of rotatable bonds is 8. The summed E-state index contributed by atoms with van der Waals surface area (Å²) in [5, 5.41) is 12.0. The zero-order valence-electron chi connectivity index (χ0n) is 14.6. The van der Waals surface area contributed by atoms with Gasteiger partial charge in [-0.3, -0.25) is 9.59 Å². The van der Waals surface area contributed by atoms with Gasteiger partial charge in [0, 0.05) is 19.6 Å². The average Bonchev–Trinajstić information content (AvgIpc) is 2.61. The molecule has 1 aliphatic heterocycles. The fourth-order valence-electron chi connectivity index (χ4n) is 2.96. The molecule has 0 saturated carbocycles. The predicted octanol–water partition coefficient (Wildman–Crippen LogP) is 2.15. The third kappa shape index (κ3) is 5.63. The SMILES string of the molecule is COc1ccc(C(CC(=O)O)NC(=O)CC2CCOCC2)cc1OC. The summed E-state index contributed by atoms with van der Waals surface area (Å²) in [5.74, 6) is 0.201. The van der Waals surface area contributed by atoms with Crippen LogP contribution in [0.3, 0.4) is 0 Å². The van der Waals surface area contributed by atoms with Crippen LogP contribution in [-0.4, -0.2) is 44.4 Å². The molecule has 1 aromatic rings. The van der Waals surface area contributed by atoms with E-state index in [1.54, 1.807) is 18.2 Å². The maximum absolute atomic E-state index is 12.4. The van der Waals surface area contributed by atoms with Crippen molar-refractivity contribution in [3.63, 3.8) is 0 Å². The minimum atomic E-state index is -0.980. The smallest absolute Gasteiger partial charge is 0.305 e. The molecule has 2 rings (SSSR count). The standard InChI is InChI=1S/C18H25NO6/c1-23-15-4-3-13(10-16(15)24-2)14(11-18(21)22)19-17(20)9-12-5-7-25-8-6-12/h3-4,10,12,14H,5-9,11H2,1-2H3,(H,19,20)(H,21,22). The Kier molecular flexibility index (Phi) is 7.06. The van der Waals surface area contributed by atoms with Crippen LogP contribution >= 0.6 is 0 Å². The Labute approximate surface area is 147 Å². The van der Waals surface area contributed by atoms with Gasteiger partial charge in [-0.25, -0.2) is 0 Å². The van der Waals surface area contributed by atoms with Crippen LogP contribution in [0, 0.1) is 5.92 Å². The van der Waals surface area contributed by atoms with Gasteiger partial charge in [-0.2, -0.15) is 0 Å². The number of carbonyl (C=O) groups is 2. The Morgan fingerprint density at radius 1 is 1.24 bits per heavy atom. The molecule has 1 unspecified atom stereocenters. The number of hydrogen-bond acceptors (Lipinski definition) is 5. The van der Waals surface area contributed by atoms with Crippen LogP contribution in [-0.2, 0) is 14.3 Å². The molecule has 7 heteroatoms.